The molecule has 118 valence electrons. The number of benzene rings is 1. The van der Waals surface area contributed by atoms with Crippen molar-refractivity contribution in [3.63, 3.8) is 0 Å². The minimum atomic E-state index is 0.466. The second kappa shape index (κ2) is 7.95. The van der Waals surface area contributed by atoms with E-state index in [-0.39, 0.29) is 0 Å². The van der Waals surface area contributed by atoms with Crippen molar-refractivity contribution in [1.29, 1.82) is 0 Å². The van der Waals surface area contributed by atoms with Gasteiger partial charge in [0.2, 0.25) is 0 Å². The minimum Gasteiger partial charge on any atom is -0.309 e. The first-order valence-electron chi connectivity index (χ1n) is 8.68. The second-order valence-corrected chi connectivity index (χ2v) is 6.77. The SMILES string of the molecule is CCCNC(CN1CC(C)C(C)C1)c1ccc(CC)cc1. The summed E-state index contributed by atoms with van der Waals surface area (Å²) in [6, 6.07) is 9.66. The molecule has 1 heterocycles. The maximum atomic E-state index is 3.74. The molecule has 0 aliphatic carbocycles. The van der Waals surface area contributed by atoms with Crippen LogP contribution in [0.3, 0.4) is 0 Å². The fraction of sp³-hybridized carbons (Fsp3) is 0.684. The van der Waals surface area contributed by atoms with Gasteiger partial charge in [0.05, 0.1) is 0 Å². The molecule has 2 heteroatoms. The van der Waals surface area contributed by atoms with Crippen molar-refractivity contribution in [2.24, 2.45) is 11.8 Å². The highest BCUT2D eigenvalue weighted by molar-refractivity contribution is 5.25. The summed E-state index contributed by atoms with van der Waals surface area (Å²) < 4.78 is 0. The monoisotopic (exact) mass is 288 g/mol. The van der Waals surface area contributed by atoms with Gasteiger partial charge in [0.25, 0.3) is 0 Å². The Balaban J connectivity index is 2.02. The average molecular weight is 288 g/mol. The van der Waals surface area contributed by atoms with Gasteiger partial charge in [-0.15, -0.1) is 0 Å². The van der Waals surface area contributed by atoms with E-state index in [0.717, 1.165) is 31.3 Å². The molecule has 2 nitrogen and oxygen atoms in total. The first-order chi connectivity index (χ1) is 10.1. The van der Waals surface area contributed by atoms with Crippen LogP contribution >= 0.6 is 0 Å². The van der Waals surface area contributed by atoms with Crippen LogP contribution in [0.5, 0.6) is 0 Å². The summed E-state index contributed by atoms with van der Waals surface area (Å²) in [6.45, 7) is 14.0. The third-order valence-electron chi connectivity index (χ3n) is 4.94. The Morgan fingerprint density at radius 1 is 1.10 bits per heavy atom. The van der Waals surface area contributed by atoms with Gasteiger partial charge in [-0.05, 0) is 42.3 Å². The summed E-state index contributed by atoms with van der Waals surface area (Å²) in [5.74, 6) is 1.67. The molecule has 1 aromatic rings. The summed E-state index contributed by atoms with van der Waals surface area (Å²) in [5.41, 5.74) is 2.87. The van der Waals surface area contributed by atoms with Crippen molar-refractivity contribution in [3.8, 4) is 0 Å². The topological polar surface area (TPSA) is 15.3 Å². The predicted octanol–water partition coefficient (Wildman–Crippen LogP) is 3.88. The molecule has 1 fully saturated rings. The van der Waals surface area contributed by atoms with Gasteiger partial charge in [-0.2, -0.15) is 0 Å². The lowest BCUT2D eigenvalue weighted by Gasteiger charge is -2.25. The van der Waals surface area contributed by atoms with Crippen molar-refractivity contribution in [2.45, 2.75) is 46.6 Å². The van der Waals surface area contributed by atoms with Crippen molar-refractivity contribution in [2.75, 3.05) is 26.2 Å². The molecule has 0 saturated carbocycles. The number of aryl methyl sites for hydroxylation is 1. The van der Waals surface area contributed by atoms with E-state index in [2.05, 4.69) is 62.2 Å². The van der Waals surface area contributed by atoms with Crippen molar-refractivity contribution < 1.29 is 0 Å². The molecular formula is C19H32N2. The molecule has 1 N–H and O–H groups in total. The van der Waals surface area contributed by atoms with E-state index in [1.165, 1.54) is 30.6 Å². The molecule has 3 atom stereocenters. The summed E-state index contributed by atoms with van der Waals surface area (Å²) in [6.07, 6.45) is 2.31. The van der Waals surface area contributed by atoms with Crippen LogP contribution in [0.15, 0.2) is 24.3 Å². The fourth-order valence-electron chi connectivity index (χ4n) is 3.25. The molecule has 21 heavy (non-hydrogen) atoms. The zero-order valence-corrected chi connectivity index (χ0v) is 14.2. The first kappa shape index (κ1) is 16.5. The number of rotatable bonds is 7. The van der Waals surface area contributed by atoms with Crippen LogP contribution in [0.4, 0.5) is 0 Å². The van der Waals surface area contributed by atoms with E-state index in [4.69, 9.17) is 0 Å². The number of nitrogens with zero attached hydrogens (tertiary/aromatic N) is 1. The van der Waals surface area contributed by atoms with Gasteiger partial charge in [-0.1, -0.05) is 52.0 Å². The highest BCUT2D eigenvalue weighted by Gasteiger charge is 2.27. The van der Waals surface area contributed by atoms with Gasteiger partial charge in [0, 0.05) is 25.7 Å². The zero-order valence-electron chi connectivity index (χ0n) is 14.2. The van der Waals surface area contributed by atoms with Crippen LogP contribution in [0.1, 0.15) is 51.3 Å². The molecule has 1 aromatic carbocycles. The quantitative estimate of drug-likeness (QED) is 0.819. The third kappa shape index (κ3) is 4.55. The summed E-state index contributed by atoms with van der Waals surface area (Å²) in [4.78, 5) is 2.64. The predicted molar refractivity (Wildman–Crippen MR) is 91.6 cm³/mol. The number of hydrogen-bond donors (Lipinski definition) is 1. The van der Waals surface area contributed by atoms with Crippen LogP contribution in [0.2, 0.25) is 0 Å². The van der Waals surface area contributed by atoms with E-state index in [1.807, 2.05) is 0 Å². The number of hydrogen-bond acceptors (Lipinski definition) is 2. The molecule has 0 spiro atoms. The van der Waals surface area contributed by atoms with Crippen LogP contribution < -0.4 is 5.32 Å². The van der Waals surface area contributed by atoms with Crippen LogP contribution in [-0.2, 0) is 6.42 Å². The largest absolute Gasteiger partial charge is 0.309 e. The van der Waals surface area contributed by atoms with Crippen LogP contribution in [-0.4, -0.2) is 31.1 Å². The van der Waals surface area contributed by atoms with Gasteiger partial charge in [-0.3, -0.25) is 0 Å². The molecule has 0 aromatic heterocycles. The Morgan fingerprint density at radius 3 is 2.24 bits per heavy atom. The molecule has 1 saturated heterocycles. The Kier molecular flexibility index (Phi) is 6.25. The van der Waals surface area contributed by atoms with Gasteiger partial charge in [-0.25, -0.2) is 0 Å². The van der Waals surface area contributed by atoms with Gasteiger partial charge in [0.15, 0.2) is 0 Å². The molecule has 1 aliphatic heterocycles. The molecule has 2 rings (SSSR count). The zero-order chi connectivity index (χ0) is 15.2. The Labute approximate surface area is 130 Å². The van der Waals surface area contributed by atoms with Crippen molar-refractivity contribution >= 4 is 0 Å². The second-order valence-electron chi connectivity index (χ2n) is 6.77. The molecule has 0 bridgehead atoms. The third-order valence-corrected chi connectivity index (χ3v) is 4.94. The lowest BCUT2D eigenvalue weighted by molar-refractivity contribution is 0.281. The molecule has 3 unspecified atom stereocenters. The van der Waals surface area contributed by atoms with Gasteiger partial charge in [0.1, 0.15) is 0 Å². The Hall–Kier alpha value is -0.860. The average Bonchev–Trinajstić information content (AvgIpc) is 2.82. The lowest BCUT2D eigenvalue weighted by atomic mass is 10.0. The Bertz CT molecular complexity index is 402. The van der Waals surface area contributed by atoms with Crippen molar-refractivity contribution in [3.05, 3.63) is 35.4 Å². The summed E-state index contributed by atoms with van der Waals surface area (Å²) >= 11 is 0. The van der Waals surface area contributed by atoms with Crippen LogP contribution in [0, 0.1) is 11.8 Å². The normalized spacial score (nSPS) is 24.4. The Morgan fingerprint density at radius 2 is 1.71 bits per heavy atom. The summed E-state index contributed by atoms with van der Waals surface area (Å²) in [7, 11) is 0. The molecule has 0 radical (unpaired) electrons. The van der Waals surface area contributed by atoms with E-state index in [1.54, 1.807) is 0 Å². The molecule has 0 amide bonds. The van der Waals surface area contributed by atoms with E-state index < -0.39 is 0 Å². The van der Waals surface area contributed by atoms with Crippen LogP contribution in [0.25, 0.3) is 0 Å². The fourth-order valence-corrected chi connectivity index (χ4v) is 3.25. The number of nitrogens with one attached hydrogen (secondary N) is 1. The lowest BCUT2D eigenvalue weighted by Crippen LogP contribution is -2.34. The smallest absolute Gasteiger partial charge is 0.0449 e. The number of likely N-dealkylation sites (tertiary alicyclic amines) is 1. The highest BCUT2D eigenvalue weighted by atomic mass is 15.2. The molecule has 1 aliphatic rings. The van der Waals surface area contributed by atoms with Gasteiger partial charge >= 0.3 is 0 Å². The maximum absolute atomic E-state index is 3.74. The summed E-state index contributed by atoms with van der Waals surface area (Å²) in [5, 5.41) is 3.74. The standard InChI is InChI=1S/C19H32N2/c1-5-11-20-19(14-21-12-15(3)16(4)13-21)18-9-7-17(6-2)8-10-18/h7-10,15-16,19-20H,5-6,11-14H2,1-4H3. The molecular weight excluding hydrogens is 256 g/mol. The maximum Gasteiger partial charge on any atom is 0.0449 e. The first-order valence-corrected chi connectivity index (χ1v) is 8.68. The van der Waals surface area contributed by atoms with E-state index in [9.17, 15) is 0 Å². The van der Waals surface area contributed by atoms with E-state index >= 15 is 0 Å². The highest BCUT2D eigenvalue weighted by Crippen LogP contribution is 2.25. The minimum absolute atomic E-state index is 0.466. The van der Waals surface area contributed by atoms with E-state index in [0.29, 0.717) is 6.04 Å². The van der Waals surface area contributed by atoms with Crippen molar-refractivity contribution in [1.82, 2.24) is 10.2 Å². The van der Waals surface area contributed by atoms with Gasteiger partial charge < -0.3 is 10.2 Å².